The SMILES string of the molecule is CCCCc1nc(I)c(C=O)n1Cc1ccc(C(=O)O)c2ccccc12. The van der Waals surface area contributed by atoms with Gasteiger partial charge in [-0.2, -0.15) is 0 Å². The molecule has 6 heteroatoms. The Morgan fingerprint density at radius 1 is 1.23 bits per heavy atom. The lowest BCUT2D eigenvalue weighted by molar-refractivity contribution is 0.0699. The summed E-state index contributed by atoms with van der Waals surface area (Å²) < 4.78 is 2.65. The van der Waals surface area contributed by atoms with Crippen LogP contribution >= 0.6 is 22.6 Å². The largest absolute Gasteiger partial charge is 0.478 e. The lowest BCUT2D eigenvalue weighted by Gasteiger charge is -2.13. The number of aromatic carboxylic acids is 1. The van der Waals surface area contributed by atoms with Crippen molar-refractivity contribution in [3.8, 4) is 0 Å². The van der Waals surface area contributed by atoms with Gasteiger partial charge in [0, 0.05) is 6.42 Å². The average molecular weight is 462 g/mol. The predicted molar refractivity (Wildman–Crippen MR) is 109 cm³/mol. The fraction of sp³-hybridized carbons (Fsp3) is 0.250. The molecular weight excluding hydrogens is 443 g/mol. The second-order valence-electron chi connectivity index (χ2n) is 6.13. The number of hydrogen-bond acceptors (Lipinski definition) is 3. The fourth-order valence-electron chi connectivity index (χ4n) is 3.15. The Hall–Kier alpha value is -2.22. The molecule has 0 aliphatic carbocycles. The molecule has 2 aromatic carbocycles. The first-order valence-electron chi connectivity index (χ1n) is 8.50. The summed E-state index contributed by atoms with van der Waals surface area (Å²) in [4.78, 5) is 27.7. The Balaban J connectivity index is 2.11. The maximum absolute atomic E-state index is 11.6. The zero-order valence-electron chi connectivity index (χ0n) is 14.4. The summed E-state index contributed by atoms with van der Waals surface area (Å²) in [5.41, 5.74) is 1.83. The van der Waals surface area contributed by atoms with E-state index < -0.39 is 5.97 Å². The van der Waals surface area contributed by atoms with Gasteiger partial charge < -0.3 is 9.67 Å². The van der Waals surface area contributed by atoms with Gasteiger partial charge in [0.2, 0.25) is 0 Å². The van der Waals surface area contributed by atoms with Crippen LogP contribution in [0.3, 0.4) is 0 Å². The monoisotopic (exact) mass is 462 g/mol. The van der Waals surface area contributed by atoms with Gasteiger partial charge in [-0.1, -0.05) is 43.7 Å². The summed E-state index contributed by atoms with van der Waals surface area (Å²) in [6.07, 6.45) is 3.71. The molecule has 134 valence electrons. The lowest BCUT2D eigenvalue weighted by Crippen LogP contribution is -2.10. The van der Waals surface area contributed by atoms with Crippen LogP contribution in [0.4, 0.5) is 0 Å². The highest BCUT2D eigenvalue weighted by molar-refractivity contribution is 14.1. The van der Waals surface area contributed by atoms with Crippen LogP contribution in [0, 0.1) is 3.70 Å². The van der Waals surface area contributed by atoms with Gasteiger partial charge in [0.1, 0.15) is 15.2 Å². The highest BCUT2D eigenvalue weighted by Gasteiger charge is 2.17. The Bertz CT molecular complexity index is 979. The normalized spacial score (nSPS) is 11.0. The molecule has 0 unspecified atom stereocenters. The zero-order valence-corrected chi connectivity index (χ0v) is 16.6. The van der Waals surface area contributed by atoms with E-state index in [1.165, 1.54) is 0 Å². The highest BCUT2D eigenvalue weighted by atomic mass is 127. The third kappa shape index (κ3) is 3.51. The summed E-state index contributed by atoms with van der Waals surface area (Å²) in [6, 6.07) is 10.9. The molecule has 0 aliphatic heterocycles. The molecule has 0 atom stereocenters. The van der Waals surface area contributed by atoms with Crippen LogP contribution in [0.5, 0.6) is 0 Å². The van der Waals surface area contributed by atoms with Crippen molar-refractivity contribution < 1.29 is 14.7 Å². The molecule has 0 fully saturated rings. The number of imidazole rings is 1. The number of hydrogen-bond donors (Lipinski definition) is 1. The topological polar surface area (TPSA) is 72.2 Å². The van der Waals surface area contributed by atoms with Crippen molar-refractivity contribution in [3.63, 3.8) is 0 Å². The number of rotatable bonds is 7. The summed E-state index contributed by atoms with van der Waals surface area (Å²) >= 11 is 2.09. The van der Waals surface area contributed by atoms with E-state index in [1.54, 1.807) is 6.07 Å². The molecule has 0 radical (unpaired) electrons. The van der Waals surface area contributed by atoms with E-state index in [2.05, 4.69) is 34.5 Å². The molecule has 0 spiro atoms. The van der Waals surface area contributed by atoms with Crippen LogP contribution in [0.25, 0.3) is 10.8 Å². The van der Waals surface area contributed by atoms with Gasteiger partial charge in [-0.3, -0.25) is 4.79 Å². The Kier molecular flexibility index (Phi) is 5.70. The van der Waals surface area contributed by atoms with Crippen molar-refractivity contribution in [3.05, 3.63) is 62.7 Å². The summed E-state index contributed by atoms with van der Waals surface area (Å²) in [7, 11) is 0. The van der Waals surface area contributed by atoms with Crippen molar-refractivity contribution in [2.75, 3.05) is 0 Å². The second-order valence-corrected chi connectivity index (χ2v) is 7.16. The minimum Gasteiger partial charge on any atom is -0.478 e. The zero-order chi connectivity index (χ0) is 18.7. The first-order chi connectivity index (χ1) is 12.6. The van der Waals surface area contributed by atoms with E-state index in [1.807, 2.05) is 34.9 Å². The third-order valence-electron chi connectivity index (χ3n) is 4.48. The molecule has 0 saturated carbocycles. The van der Waals surface area contributed by atoms with Gasteiger partial charge in [0.25, 0.3) is 0 Å². The Morgan fingerprint density at radius 3 is 2.62 bits per heavy atom. The molecule has 1 aromatic heterocycles. The predicted octanol–water partition coefficient (Wildman–Crippen LogP) is 4.54. The lowest BCUT2D eigenvalue weighted by atomic mass is 9.99. The van der Waals surface area contributed by atoms with Crippen LogP contribution in [-0.2, 0) is 13.0 Å². The van der Waals surface area contributed by atoms with E-state index in [4.69, 9.17) is 0 Å². The minimum atomic E-state index is -0.942. The number of fused-ring (bicyclic) bond motifs is 1. The molecule has 3 aromatic rings. The molecule has 0 aliphatic rings. The number of carboxylic acids is 1. The molecule has 3 rings (SSSR count). The number of halogens is 1. The molecule has 0 bridgehead atoms. The Labute approximate surface area is 165 Å². The molecule has 0 saturated heterocycles. The van der Waals surface area contributed by atoms with Gasteiger partial charge in [0.15, 0.2) is 6.29 Å². The first kappa shape index (κ1) is 18.6. The summed E-state index contributed by atoms with van der Waals surface area (Å²) in [5.74, 6) is -0.0492. The standard InChI is InChI=1S/C20H19IN2O3/c1-2-3-8-18-22-19(21)17(12-24)23(18)11-13-9-10-16(20(25)26)15-7-5-4-6-14(13)15/h4-7,9-10,12H,2-3,8,11H2,1H3,(H,25,26). The maximum Gasteiger partial charge on any atom is 0.336 e. The quantitative estimate of drug-likeness (QED) is 0.414. The number of aldehydes is 1. The van der Waals surface area contributed by atoms with E-state index in [0.717, 1.165) is 42.3 Å². The van der Waals surface area contributed by atoms with E-state index in [0.29, 0.717) is 21.3 Å². The van der Waals surface area contributed by atoms with Crippen LogP contribution in [0.2, 0.25) is 0 Å². The highest BCUT2D eigenvalue weighted by Crippen LogP contribution is 2.25. The van der Waals surface area contributed by atoms with Gasteiger partial charge in [-0.25, -0.2) is 9.78 Å². The number of carbonyl (C=O) groups is 2. The molecule has 1 heterocycles. The van der Waals surface area contributed by atoms with Gasteiger partial charge in [-0.15, -0.1) is 0 Å². The fourth-order valence-corrected chi connectivity index (χ4v) is 3.85. The van der Waals surface area contributed by atoms with Crippen molar-refractivity contribution in [1.82, 2.24) is 9.55 Å². The van der Waals surface area contributed by atoms with E-state index in [-0.39, 0.29) is 5.56 Å². The van der Waals surface area contributed by atoms with Crippen molar-refractivity contribution >= 4 is 45.6 Å². The smallest absolute Gasteiger partial charge is 0.336 e. The third-order valence-corrected chi connectivity index (χ3v) is 5.27. The molecular formula is C20H19IN2O3. The van der Waals surface area contributed by atoms with Crippen molar-refractivity contribution in [1.29, 1.82) is 0 Å². The number of unbranched alkanes of at least 4 members (excludes halogenated alkanes) is 1. The van der Waals surface area contributed by atoms with Crippen LogP contribution in [-0.4, -0.2) is 26.9 Å². The van der Waals surface area contributed by atoms with Gasteiger partial charge in [0.05, 0.1) is 12.1 Å². The second kappa shape index (κ2) is 7.99. The van der Waals surface area contributed by atoms with Crippen LogP contribution in [0.1, 0.15) is 52.0 Å². The molecule has 5 nitrogen and oxygen atoms in total. The van der Waals surface area contributed by atoms with Gasteiger partial charge >= 0.3 is 5.97 Å². The molecule has 1 N–H and O–H groups in total. The number of nitrogens with zero attached hydrogens (tertiary/aromatic N) is 2. The van der Waals surface area contributed by atoms with Crippen LogP contribution in [0.15, 0.2) is 36.4 Å². The number of aromatic nitrogens is 2. The minimum absolute atomic E-state index is 0.284. The molecule has 0 amide bonds. The number of benzene rings is 2. The van der Waals surface area contributed by atoms with Gasteiger partial charge in [-0.05, 0) is 51.4 Å². The number of aryl methyl sites for hydroxylation is 1. The van der Waals surface area contributed by atoms with E-state index in [9.17, 15) is 14.7 Å². The van der Waals surface area contributed by atoms with Crippen LogP contribution < -0.4 is 0 Å². The molecule has 26 heavy (non-hydrogen) atoms. The van der Waals surface area contributed by atoms with E-state index >= 15 is 0 Å². The Morgan fingerprint density at radius 2 is 1.96 bits per heavy atom. The summed E-state index contributed by atoms with van der Waals surface area (Å²) in [6.45, 7) is 2.61. The first-order valence-corrected chi connectivity index (χ1v) is 9.58. The average Bonchev–Trinajstić information content (AvgIpc) is 2.94. The number of carboxylic acid groups (broad SMARTS) is 1. The van der Waals surface area contributed by atoms with Crippen molar-refractivity contribution in [2.45, 2.75) is 32.7 Å². The maximum atomic E-state index is 11.6. The number of carbonyl (C=O) groups excluding carboxylic acids is 1. The van der Waals surface area contributed by atoms with Crippen molar-refractivity contribution in [2.24, 2.45) is 0 Å². The summed E-state index contributed by atoms with van der Waals surface area (Å²) in [5, 5.41) is 11.0.